The predicted molar refractivity (Wildman–Crippen MR) is 118 cm³/mol. The smallest absolute Gasteiger partial charge is 0.399 e. The minimum atomic E-state index is -4.42. The number of nitrogens with zero attached hydrogens (tertiary/aromatic N) is 1. The third-order valence-corrected chi connectivity index (χ3v) is 8.73. The Morgan fingerprint density at radius 3 is 2.12 bits per heavy atom. The molecule has 3 rings (SSSR count). The molecule has 0 amide bonds. The van der Waals surface area contributed by atoms with Gasteiger partial charge >= 0.3 is 13.3 Å². The molecule has 180 valence electrons. The van der Waals surface area contributed by atoms with Crippen LogP contribution < -0.4 is 5.46 Å². The Balaban J connectivity index is 2.00. The van der Waals surface area contributed by atoms with Crippen LogP contribution in [0, 0.1) is 5.92 Å². The highest BCUT2D eigenvalue weighted by Gasteiger charge is 2.52. The summed E-state index contributed by atoms with van der Waals surface area (Å²) in [4.78, 5) is 0.0353. The van der Waals surface area contributed by atoms with Crippen LogP contribution in [-0.2, 0) is 24.7 Å². The van der Waals surface area contributed by atoms with Crippen molar-refractivity contribution in [3.8, 4) is 0 Å². The Bertz CT molecular complexity index is 954. The molecule has 0 saturated carbocycles. The van der Waals surface area contributed by atoms with Crippen molar-refractivity contribution in [2.45, 2.75) is 89.0 Å². The fraction of sp³-hybridized carbons (Fsp3) is 0.727. The van der Waals surface area contributed by atoms with Crippen LogP contribution in [0.15, 0.2) is 23.1 Å². The van der Waals surface area contributed by atoms with E-state index in [0.29, 0.717) is 11.0 Å². The van der Waals surface area contributed by atoms with Gasteiger partial charge in [-0.15, -0.1) is 0 Å². The molecule has 0 radical (unpaired) electrons. The second kappa shape index (κ2) is 7.99. The van der Waals surface area contributed by atoms with Crippen LogP contribution in [0.1, 0.15) is 66.9 Å². The summed E-state index contributed by atoms with van der Waals surface area (Å²) in [5.74, 6) is -1.65. The predicted octanol–water partition coefficient (Wildman–Crippen LogP) is 4.25. The molecule has 2 aliphatic heterocycles. The number of sulfonamides is 1. The molecule has 1 unspecified atom stereocenters. The number of rotatable bonds is 3. The standard InChI is InChI=1S/C22H33BF3NO4S/c1-19(2,3)17-13-16(23-30-20(4,5)21(6,7)31-23)10-11-18(17)32(28,29)27-12-8-9-15(14-27)22(24,25)26/h10-11,13,15H,8-9,12,14H2,1-7H3. The van der Waals surface area contributed by atoms with E-state index in [2.05, 4.69) is 0 Å². The topological polar surface area (TPSA) is 55.8 Å². The summed E-state index contributed by atoms with van der Waals surface area (Å²) in [5, 5.41) is 0. The normalized spacial score (nSPS) is 24.7. The number of piperidine rings is 1. The molecule has 0 aromatic heterocycles. The third-order valence-electron chi connectivity index (χ3n) is 6.80. The highest BCUT2D eigenvalue weighted by molar-refractivity contribution is 7.89. The SMILES string of the molecule is CC(C)(C)c1cc(B2OC(C)(C)C(C)(C)O2)ccc1S(=O)(=O)N1CCCC(C(F)(F)F)C1. The van der Waals surface area contributed by atoms with Gasteiger partial charge in [0.2, 0.25) is 10.0 Å². The zero-order valence-electron chi connectivity index (χ0n) is 19.8. The van der Waals surface area contributed by atoms with Crippen LogP contribution in [0.2, 0.25) is 0 Å². The van der Waals surface area contributed by atoms with Crippen molar-refractivity contribution in [3.05, 3.63) is 23.8 Å². The fourth-order valence-corrected chi connectivity index (χ4v) is 5.96. The van der Waals surface area contributed by atoms with Gasteiger partial charge in [-0.2, -0.15) is 17.5 Å². The molecule has 1 aromatic rings. The molecule has 0 aliphatic carbocycles. The van der Waals surface area contributed by atoms with Gasteiger partial charge in [-0.05, 0) is 63.0 Å². The van der Waals surface area contributed by atoms with Crippen LogP contribution in [0.4, 0.5) is 13.2 Å². The van der Waals surface area contributed by atoms with Crippen molar-refractivity contribution in [3.63, 3.8) is 0 Å². The average Bonchev–Trinajstić information content (AvgIpc) is 2.87. The summed E-state index contributed by atoms with van der Waals surface area (Å²) in [7, 11) is -4.77. The lowest BCUT2D eigenvalue weighted by molar-refractivity contribution is -0.182. The highest BCUT2D eigenvalue weighted by Crippen LogP contribution is 2.39. The van der Waals surface area contributed by atoms with Gasteiger partial charge in [-0.25, -0.2) is 8.42 Å². The van der Waals surface area contributed by atoms with E-state index >= 15 is 0 Å². The number of halogens is 3. The molecule has 10 heteroatoms. The minimum absolute atomic E-state index is 0.0353. The van der Waals surface area contributed by atoms with Crippen LogP contribution in [0.25, 0.3) is 0 Å². The first kappa shape index (κ1) is 25.5. The van der Waals surface area contributed by atoms with Crippen molar-refractivity contribution in [1.82, 2.24) is 4.31 Å². The molecule has 0 bridgehead atoms. The number of hydrogen-bond donors (Lipinski definition) is 0. The first-order chi connectivity index (χ1) is 14.4. The van der Waals surface area contributed by atoms with Crippen molar-refractivity contribution in [1.29, 1.82) is 0 Å². The molecule has 2 fully saturated rings. The zero-order chi connectivity index (χ0) is 24.3. The molecular weight excluding hydrogens is 442 g/mol. The summed E-state index contributed by atoms with van der Waals surface area (Å²) < 4.78 is 79.9. The van der Waals surface area contributed by atoms with Gasteiger partial charge in [0.25, 0.3) is 0 Å². The molecule has 1 atom stereocenters. The van der Waals surface area contributed by atoms with E-state index in [9.17, 15) is 21.6 Å². The lowest BCUT2D eigenvalue weighted by Gasteiger charge is -2.34. The van der Waals surface area contributed by atoms with Crippen molar-refractivity contribution in [2.75, 3.05) is 13.1 Å². The molecule has 5 nitrogen and oxygen atoms in total. The average molecular weight is 475 g/mol. The molecular formula is C22H33BF3NO4S. The van der Waals surface area contributed by atoms with E-state index in [1.54, 1.807) is 12.1 Å². The maximum Gasteiger partial charge on any atom is 0.494 e. The van der Waals surface area contributed by atoms with Gasteiger partial charge in [0.15, 0.2) is 0 Å². The Morgan fingerprint density at radius 1 is 1.06 bits per heavy atom. The van der Waals surface area contributed by atoms with Gasteiger partial charge in [0, 0.05) is 13.1 Å². The van der Waals surface area contributed by atoms with Crippen LogP contribution in [0.3, 0.4) is 0 Å². The number of hydrogen-bond acceptors (Lipinski definition) is 4. The van der Waals surface area contributed by atoms with Gasteiger partial charge in [-0.3, -0.25) is 0 Å². The first-order valence-electron chi connectivity index (χ1n) is 10.9. The van der Waals surface area contributed by atoms with Crippen LogP contribution >= 0.6 is 0 Å². The van der Waals surface area contributed by atoms with Gasteiger partial charge in [0.05, 0.1) is 22.0 Å². The Hall–Kier alpha value is -1.10. The van der Waals surface area contributed by atoms with E-state index in [1.807, 2.05) is 48.5 Å². The zero-order valence-corrected chi connectivity index (χ0v) is 20.7. The van der Waals surface area contributed by atoms with E-state index in [1.165, 1.54) is 6.07 Å². The first-order valence-corrected chi connectivity index (χ1v) is 12.4. The van der Waals surface area contributed by atoms with Crippen molar-refractivity contribution < 1.29 is 30.9 Å². The fourth-order valence-electron chi connectivity index (χ4n) is 4.05. The highest BCUT2D eigenvalue weighted by atomic mass is 32.2. The van der Waals surface area contributed by atoms with Crippen molar-refractivity contribution >= 4 is 22.6 Å². The largest absolute Gasteiger partial charge is 0.494 e. The Morgan fingerprint density at radius 2 is 1.62 bits per heavy atom. The summed E-state index contributed by atoms with van der Waals surface area (Å²) >= 11 is 0. The summed E-state index contributed by atoms with van der Waals surface area (Å²) in [6.45, 7) is 12.9. The summed E-state index contributed by atoms with van der Waals surface area (Å²) in [6, 6.07) is 4.86. The second-order valence-electron chi connectivity index (χ2n) is 10.8. The van der Waals surface area contributed by atoms with E-state index < -0.39 is 52.4 Å². The second-order valence-corrected chi connectivity index (χ2v) is 12.7. The van der Waals surface area contributed by atoms with Crippen LogP contribution in [-0.4, -0.2) is 50.3 Å². The Labute approximate surface area is 189 Å². The van der Waals surface area contributed by atoms with Gasteiger partial charge in [0.1, 0.15) is 0 Å². The van der Waals surface area contributed by atoms with Crippen molar-refractivity contribution in [2.24, 2.45) is 5.92 Å². The minimum Gasteiger partial charge on any atom is -0.399 e. The van der Waals surface area contributed by atoms with Gasteiger partial charge < -0.3 is 9.31 Å². The monoisotopic (exact) mass is 475 g/mol. The quantitative estimate of drug-likeness (QED) is 0.614. The molecule has 32 heavy (non-hydrogen) atoms. The van der Waals surface area contributed by atoms with E-state index in [-0.39, 0.29) is 24.3 Å². The number of benzene rings is 1. The molecule has 2 aliphatic rings. The Kier molecular flexibility index (Phi) is 6.38. The lowest BCUT2D eigenvalue weighted by Crippen LogP contribution is -2.45. The van der Waals surface area contributed by atoms with E-state index in [4.69, 9.17) is 9.31 Å². The maximum atomic E-state index is 13.5. The lowest BCUT2D eigenvalue weighted by atomic mass is 9.75. The molecule has 0 spiro atoms. The maximum absolute atomic E-state index is 13.5. The third kappa shape index (κ3) is 4.74. The molecule has 1 aromatic carbocycles. The number of alkyl halides is 3. The molecule has 2 saturated heterocycles. The summed E-state index contributed by atoms with van der Waals surface area (Å²) in [6.07, 6.45) is -4.29. The molecule has 2 heterocycles. The van der Waals surface area contributed by atoms with Crippen LogP contribution in [0.5, 0.6) is 0 Å². The summed E-state index contributed by atoms with van der Waals surface area (Å²) in [5.41, 5.74) is -0.463. The van der Waals surface area contributed by atoms with Gasteiger partial charge in [-0.1, -0.05) is 32.9 Å². The van der Waals surface area contributed by atoms with E-state index in [0.717, 1.165) is 4.31 Å². The molecule has 0 N–H and O–H groups in total.